The van der Waals surface area contributed by atoms with Crippen molar-refractivity contribution in [3.63, 3.8) is 0 Å². The van der Waals surface area contributed by atoms with Crippen molar-refractivity contribution < 1.29 is 19.5 Å². The number of hydrogen-bond acceptors (Lipinski definition) is 6. The zero-order chi connectivity index (χ0) is 27.3. The third-order valence-corrected chi connectivity index (χ3v) is 7.81. The first-order valence-electron chi connectivity index (χ1n) is 13.3. The monoisotopic (exact) mass is 518 g/mol. The van der Waals surface area contributed by atoms with E-state index in [9.17, 15) is 9.59 Å². The molecule has 1 aromatic heterocycles. The third kappa shape index (κ3) is 6.49. The summed E-state index contributed by atoms with van der Waals surface area (Å²) in [5, 5.41) is 13.2. The molecule has 0 saturated carbocycles. The van der Waals surface area contributed by atoms with Gasteiger partial charge in [0.1, 0.15) is 12.4 Å². The number of nitrogens with one attached hydrogen (secondary N) is 2. The number of para-hydroxylation sites is 1. The molecule has 3 N–H and O–H groups in total. The van der Waals surface area contributed by atoms with Gasteiger partial charge in [-0.25, -0.2) is 5.48 Å². The number of amides is 2. The van der Waals surface area contributed by atoms with E-state index < -0.39 is 5.91 Å². The molecular formula is C30H38N4O4. The zero-order valence-electron chi connectivity index (χ0n) is 22.7. The summed E-state index contributed by atoms with van der Waals surface area (Å²) in [4.78, 5) is 32.0. The number of piperidine rings is 1. The molecule has 2 atom stereocenters. The number of carbonyl (C=O) groups excluding carboxylic acids is 2. The van der Waals surface area contributed by atoms with Crippen molar-refractivity contribution in [3.8, 4) is 5.75 Å². The molecule has 202 valence electrons. The van der Waals surface area contributed by atoms with Crippen LogP contribution in [0.4, 0.5) is 0 Å². The van der Waals surface area contributed by atoms with Crippen LogP contribution in [0.3, 0.4) is 0 Å². The topological polar surface area (TPSA) is 104 Å². The lowest BCUT2D eigenvalue weighted by atomic mass is 9.85. The van der Waals surface area contributed by atoms with Crippen molar-refractivity contribution in [3.05, 3.63) is 71.4 Å². The fraction of sp³-hybridized carbons (Fsp3) is 0.433. The maximum Gasteiger partial charge on any atom is 0.251 e. The van der Waals surface area contributed by atoms with Crippen LogP contribution in [0.5, 0.6) is 5.75 Å². The van der Waals surface area contributed by atoms with E-state index in [2.05, 4.69) is 36.0 Å². The number of nitrogens with zero attached hydrogens (tertiary/aromatic N) is 2. The molecule has 1 fully saturated rings. The first kappa shape index (κ1) is 27.5. The lowest BCUT2D eigenvalue weighted by Gasteiger charge is -2.46. The maximum absolute atomic E-state index is 13.2. The second-order valence-electron chi connectivity index (χ2n) is 10.7. The number of aromatic nitrogens is 1. The van der Waals surface area contributed by atoms with E-state index in [1.165, 1.54) is 0 Å². The summed E-state index contributed by atoms with van der Waals surface area (Å²) in [6.45, 7) is 10.4. The van der Waals surface area contributed by atoms with Gasteiger partial charge in [-0.3, -0.25) is 24.7 Å². The van der Waals surface area contributed by atoms with Crippen LogP contribution in [-0.2, 0) is 11.4 Å². The smallest absolute Gasteiger partial charge is 0.251 e. The Balaban J connectivity index is 1.42. The Labute approximate surface area is 224 Å². The first-order chi connectivity index (χ1) is 18.2. The predicted octanol–water partition coefficient (Wildman–Crippen LogP) is 4.63. The molecule has 0 spiro atoms. The molecule has 2 heterocycles. The van der Waals surface area contributed by atoms with E-state index in [0.29, 0.717) is 24.5 Å². The molecule has 1 aliphatic rings. The highest BCUT2D eigenvalue weighted by molar-refractivity contribution is 5.94. The van der Waals surface area contributed by atoms with Crippen LogP contribution in [0.25, 0.3) is 10.9 Å². The molecule has 3 aromatic rings. The van der Waals surface area contributed by atoms with Crippen LogP contribution in [0.1, 0.15) is 61.6 Å². The lowest BCUT2D eigenvalue weighted by Crippen LogP contribution is -2.58. The number of hydrogen-bond donors (Lipinski definition) is 3. The normalized spacial score (nSPS) is 18.2. The van der Waals surface area contributed by atoms with Crippen LogP contribution in [0, 0.1) is 12.8 Å². The summed E-state index contributed by atoms with van der Waals surface area (Å²) in [5.41, 5.74) is 5.19. The van der Waals surface area contributed by atoms with Crippen LogP contribution in [0.15, 0.2) is 54.6 Å². The minimum atomic E-state index is -0.434. The number of rotatable bonds is 9. The average Bonchev–Trinajstić information content (AvgIpc) is 2.92. The highest BCUT2D eigenvalue weighted by atomic mass is 16.5. The SMILES string of the molecule is CCC(C)(C)N1CC[C@@H](CC(=O)NO)[C@H](NC(=O)c2ccc(OCc3cc(C)nc4ccccc34)cc2)C1. The molecule has 0 aliphatic carbocycles. The third-order valence-electron chi connectivity index (χ3n) is 7.81. The number of carbonyl (C=O) groups is 2. The van der Waals surface area contributed by atoms with Crippen molar-refractivity contribution >= 4 is 22.7 Å². The number of benzene rings is 2. The molecular weight excluding hydrogens is 480 g/mol. The van der Waals surface area contributed by atoms with Gasteiger partial charge >= 0.3 is 0 Å². The molecule has 1 saturated heterocycles. The van der Waals surface area contributed by atoms with E-state index in [1.54, 1.807) is 29.7 Å². The van der Waals surface area contributed by atoms with Gasteiger partial charge < -0.3 is 10.1 Å². The second kappa shape index (κ2) is 11.9. The van der Waals surface area contributed by atoms with E-state index in [4.69, 9.17) is 9.94 Å². The summed E-state index contributed by atoms with van der Waals surface area (Å²) < 4.78 is 6.04. The molecule has 0 unspecified atom stereocenters. The second-order valence-corrected chi connectivity index (χ2v) is 10.7. The van der Waals surface area contributed by atoms with E-state index in [0.717, 1.165) is 41.5 Å². The van der Waals surface area contributed by atoms with Crippen molar-refractivity contribution in [2.45, 2.75) is 65.1 Å². The Bertz CT molecular complexity index is 1270. The Morgan fingerprint density at radius 3 is 2.61 bits per heavy atom. The average molecular weight is 519 g/mol. The molecule has 2 aromatic carbocycles. The van der Waals surface area contributed by atoms with Crippen LogP contribution in [-0.4, -0.2) is 51.6 Å². The minimum absolute atomic E-state index is 0.00907. The molecule has 0 bridgehead atoms. The number of hydroxylamine groups is 1. The Kier molecular flexibility index (Phi) is 8.64. The van der Waals surface area contributed by atoms with Gasteiger partial charge in [-0.05, 0) is 82.5 Å². The molecule has 38 heavy (non-hydrogen) atoms. The fourth-order valence-corrected chi connectivity index (χ4v) is 5.10. The van der Waals surface area contributed by atoms with Gasteiger partial charge in [0.25, 0.3) is 5.91 Å². The van der Waals surface area contributed by atoms with Gasteiger partial charge in [0.15, 0.2) is 0 Å². The van der Waals surface area contributed by atoms with Gasteiger partial charge in [-0.15, -0.1) is 0 Å². The first-order valence-corrected chi connectivity index (χ1v) is 13.3. The Morgan fingerprint density at radius 1 is 1.16 bits per heavy atom. The quantitative estimate of drug-likeness (QED) is 0.282. The molecule has 8 heteroatoms. The van der Waals surface area contributed by atoms with Crippen molar-refractivity contribution in [1.82, 2.24) is 20.7 Å². The number of pyridine rings is 1. The van der Waals surface area contributed by atoms with E-state index in [1.807, 2.05) is 37.3 Å². The van der Waals surface area contributed by atoms with Crippen molar-refractivity contribution in [1.29, 1.82) is 0 Å². The molecule has 2 amide bonds. The Morgan fingerprint density at radius 2 is 1.89 bits per heavy atom. The number of fused-ring (bicyclic) bond motifs is 1. The number of aryl methyl sites for hydroxylation is 1. The summed E-state index contributed by atoms with van der Waals surface area (Å²) in [6, 6.07) is 16.9. The van der Waals surface area contributed by atoms with E-state index >= 15 is 0 Å². The summed E-state index contributed by atoms with van der Waals surface area (Å²) >= 11 is 0. The van der Waals surface area contributed by atoms with Gasteiger partial charge in [-0.1, -0.05) is 25.1 Å². The molecule has 8 nitrogen and oxygen atoms in total. The van der Waals surface area contributed by atoms with Crippen molar-refractivity contribution in [2.24, 2.45) is 5.92 Å². The summed E-state index contributed by atoms with van der Waals surface area (Å²) in [6.07, 6.45) is 1.90. The van der Waals surface area contributed by atoms with Gasteiger partial charge in [0, 0.05) is 46.8 Å². The predicted molar refractivity (Wildman–Crippen MR) is 147 cm³/mol. The van der Waals surface area contributed by atoms with Crippen molar-refractivity contribution in [2.75, 3.05) is 13.1 Å². The molecule has 4 rings (SSSR count). The standard InChI is InChI=1S/C30H38N4O4/c1-5-30(3,4)34-15-14-22(17-28(35)33-37)27(18-34)32-29(36)21-10-12-24(13-11-21)38-19-23-16-20(2)31-26-9-7-6-8-25(23)26/h6-13,16,22,27,37H,5,14-15,17-19H2,1-4H3,(H,32,36)(H,33,35)/t22-,27+/m0/s1. The maximum atomic E-state index is 13.2. The summed E-state index contributed by atoms with van der Waals surface area (Å²) in [7, 11) is 0. The van der Waals surface area contributed by atoms with Gasteiger partial charge in [-0.2, -0.15) is 0 Å². The summed E-state index contributed by atoms with van der Waals surface area (Å²) in [5.74, 6) is -0.0126. The van der Waals surface area contributed by atoms with Gasteiger partial charge in [0.05, 0.1) is 5.52 Å². The van der Waals surface area contributed by atoms with Crippen LogP contribution < -0.4 is 15.5 Å². The van der Waals surface area contributed by atoms with Crippen LogP contribution >= 0.6 is 0 Å². The molecule has 1 aliphatic heterocycles. The lowest BCUT2D eigenvalue weighted by molar-refractivity contribution is -0.131. The number of likely N-dealkylation sites (tertiary alicyclic amines) is 1. The highest BCUT2D eigenvalue weighted by Crippen LogP contribution is 2.29. The van der Waals surface area contributed by atoms with E-state index in [-0.39, 0.29) is 29.8 Å². The highest BCUT2D eigenvalue weighted by Gasteiger charge is 2.36. The minimum Gasteiger partial charge on any atom is -0.489 e. The molecule has 0 radical (unpaired) electrons. The largest absolute Gasteiger partial charge is 0.489 e. The Hall–Kier alpha value is -3.49. The number of ether oxygens (including phenoxy) is 1. The zero-order valence-corrected chi connectivity index (χ0v) is 22.7. The van der Waals surface area contributed by atoms with Crippen LogP contribution in [0.2, 0.25) is 0 Å². The van der Waals surface area contributed by atoms with Gasteiger partial charge in [0.2, 0.25) is 5.91 Å². The fourth-order valence-electron chi connectivity index (χ4n) is 5.10.